The molecule has 0 spiro atoms. The Morgan fingerprint density at radius 1 is 1.58 bits per heavy atom. The number of rotatable bonds is 8. The molecule has 19 heavy (non-hydrogen) atoms. The minimum atomic E-state index is -0.312. The van der Waals surface area contributed by atoms with Gasteiger partial charge in [-0.05, 0) is 24.5 Å². The smallest absolute Gasteiger partial charge is 0.315 e. The molecule has 0 saturated heterocycles. The molecular weight excluding hydrogens is 248 g/mol. The van der Waals surface area contributed by atoms with E-state index in [2.05, 4.69) is 10.6 Å². The highest BCUT2D eigenvalue weighted by atomic mass is 16.5. The number of methoxy groups -OCH3 is 1. The first-order valence-corrected chi connectivity index (χ1v) is 6.35. The van der Waals surface area contributed by atoms with Crippen molar-refractivity contribution in [2.24, 2.45) is 5.92 Å². The van der Waals surface area contributed by atoms with Crippen molar-refractivity contribution >= 4 is 6.03 Å². The lowest BCUT2D eigenvalue weighted by molar-refractivity contribution is 0.156. The van der Waals surface area contributed by atoms with Gasteiger partial charge >= 0.3 is 6.03 Å². The van der Waals surface area contributed by atoms with Crippen molar-refractivity contribution in [3.63, 3.8) is 0 Å². The molecule has 0 fully saturated rings. The van der Waals surface area contributed by atoms with E-state index in [9.17, 15) is 4.79 Å². The lowest BCUT2D eigenvalue weighted by atomic mass is 10.1. The molecule has 6 heteroatoms. The summed E-state index contributed by atoms with van der Waals surface area (Å²) in [5, 5.41) is 14.3. The number of urea groups is 1. The van der Waals surface area contributed by atoms with E-state index >= 15 is 0 Å². The van der Waals surface area contributed by atoms with Crippen molar-refractivity contribution in [3.05, 3.63) is 24.2 Å². The Bertz CT molecular complexity index is 354. The van der Waals surface area contributed by atoms with Gasteiger partial charge in [-0.1, -0.05) is 6.92 Å². The first-order chi connectivity index (χ1) is 9.17. The van der Waals surface area contributed by atoms with Crippen LogP contribution in [0.5, 0.6) is 0 Å². The van der Waals surface area contributed by atoms with Gasteiger partial charge in [-0.25, -0.2) is 4.79 Å². The zero-order valence-corrected chi connectivity index (χ0v) is 11.4. The molecule has 1 aromatic heterocycles. The average molecular weight is 270 g/mol. The summed E-state index contributed by atoms with van der Waals surface area (Å²) in [5.41, 5.74) is 0. The van der Waals surface area contributed by atoms with Crippen molar-refractivity contribution in [2.45, 2.75) is 19.4 Å². The molecule has 1 aromatic rings. The third-order valence-electron chi connectivity index (χ3n) is 2.76. The number of amides is 2. The van der Waals surface area contributed by atoms with Crippen LogP contribution in [0, 0.1) is 5.92 Å². The molecule has 0 radical (unpaired) electrons. The quantitative estimate of drug-likeness (QED) is 0.664. The molecule has 0 aliphatic carbocycles. The standard InChI is InChI=1S/C13H22N2O4/c1-10(5-6-16)8-14-13(17)15-11(9-18-2)12-4-3-7-19-12/h3-4,7,10-11,16H,5-6,8-9H2,1-2H3,(H2,14,15,17). The molecule has 1 heterocycles. The molecule has 0 aliphatic rings. The molecule has 6 nitrogen and oxygen atoms in total. The van der Waals surface area contributed by atoms with Gasteiger partial charge in [0.15, 0.2) is 0 Å². The van der Waals surface area contributed by atoms with E-state index in [0.29, 0.717) is 25.3 Å². The fourth-order valence-electron chi connectivity index (χ4n) is 1.65. The van der Waals surface area contributed by atoms with Crippen molar-refractivity contribution in [1.82, 2.24) is 10.6 Å². The number of aliphatic hydroxyl groups excluding tert-OH is 1. The highest BCUT2D eigenvalue weighted by Gasteiger charge is 2.17. The Kier molecular flexibility index (Phi) is 6.99. The number of ether oxygens (including phenoxy) is 1. The fourth-order valence-corrected chi connectivity index (χ4v) is 1.65. The minimum absolute atomic E-state index is 0.128. The van der Waals surface area contributed by atoms with Gasteiger partial charge in [0, 0.05) is 20.3 Å². The largest absolute Gasteiger partial charge is 0.467 e. The van der Waals surface area contributed by atoms with Gasteiger partial charge in [-0.3, -0.25) is 0 Å². The summed E-state index contributed by atoms with van der Waals surface area (Å²) < 4.78 is 10.3. The third kappa shape index (κ3) is 5.76. The predicted octanol–water partition coefficient (Wildman–Crippen LogP) is 1.28. The van der Waals surface area contributed by atoms with Crippen LogP contribution in [-0.2, 0) is 4.74 Å². The molecule has 0 aliphatic heterocycles. The van der Waals surface area contributed by atoms with Gasteiger partial charge in [0.1, 0.15) is 11.8 Å². The summed E-state index contributed by atoms with van der Waals surface area (Å²) in [6, 6.07) is 2.97. The lowest BCUT2D eigenvalue weighted by Gasteiger charge is -2.17. The Balaban J connectivity index is 2.39. The predicted molar refractivity (Wildman–Crippen MR) is 70.7 cm³/mol. The van der Waals surface area contributed by atoms with E-state index in [4.69, 9.17) is 14.3 Å². The van der Waals surface area contributed by atoms with E-state index in [1.54, 1.807) is 25.5 Å². The van der Waals surface area contributed by atoms with E-state index < -0.39 is 0 Å². The first-order valence-electron chi connectivity index (χ1n) is 6.35. The summed E-state index contributed by atoms with van der Waals surface area (Å²) >= 11 is 0. The SMILES string of the molecule is COCC(NC(=O)NCC(C)CCO)c1ccco1. The number of hydrogen-bond acceptors (Lipinski definition) is 4. The monoisotopic (exact) mass is 270 g/mol. The van der Waals surface area contributed by atoms with Crippen LogP contribution in [0.4, 0.5) is 4.79 Å². The second-order valence-electron chi connectivity index (χ2n) is 4.50. The molecule has 0 saturated carbocycles. The number of nitrogens with one attached hydrogen (secondary N) is 2. The van der Waals surface area contributed by atoms with Crippen LogP contribution in [-0.4, -0.2) is 38.0 Å². The maximum atomic E-state index is 11.8. The first kappa shape index (κ1) is 15.5. The average Bonchev–Trinajstić information content (AvgIpc) is 2.90. The van der Waals surface area contributed by atoms with Gasteiger partial charge in [0.05, 0.1) is 12.9 Å². The summed E-state index contributed by atoms with van der Waals surface area (Å²) in [6.07, 6.45) is 2.22. The normalized spacial score (nSPS) is 13.8. The van der Waals surface area contributed by atoms with Gasteiger partial charge in [-0.15, -0.1) is 0 Å². The van der Waals surface area contributed by atoms with Crippen molar-refractivity contribution in [3.8, 4) is 0 Å². The maximum Gasteiger partial charge on any atom is 0.315 e. The molecule has 2 atom stereocenters. The molecule has 2 amide bonds. The summed E-state index contributed by atoms with van der Waals surface area (Å²) in [7, 11) is 1.57. The van der Waals surface area contributed by atoms with Crippen LogP contribution in [0.1, 0.15) is 25.1 Å². The zero-order chi connectivity index (χ0) is 14.1. The Hall–Kier alpha value is -1.53. The molecule has 0 aromatic carbocycles. The van der Waals surface area contributed by atoms with E-state index in [0.717, 1.165) is 0 Å². The molecule has 2 unspecified atom stereocenters. The van der Waals surface area contributed by atoms with Crippen LogP contribution >= 0.6 is 0 Å². The van der Waals surface area contributed by atoms with E-state index in [1.807, 2.05) is 6.92 Å². The van der Waals surface area contributed by atoms with Crippen molar-refractivity contribution in [1.29, 1.82) is 0 Å². The van der Waals surface area contributed by atoms with Crippen molar-refractivity contribution < 1.29 is 19.1 Å². The van der Waals surface area contributed by atoms with Crippen LogP contribution in [0.2, 0.25) is 0 Å². The maximum absolute atomic E-state index is 11.8. The van der Waals surface area contributed by atoms with Gasteiger partial charge in [-0.2, -0.15) is 0 Å². The molecule has 3 N–H and O–H groups in total. The number of aliphatic hydroxyl groups is 1. The minimum Gasteiger partial charge on any atom is -0.467 e. The Labute approximate surface area is 113 Å². The van der Waals surface area contributed by atoms with Crippen LogP contribution in [0.25, 0.3) is 0 Å². The van der Waals surface area contributed by atoms with Crippen LogP contribution < -0.4 is 10.6 Å². The van der Waals surface area contributed by atoms with Gasteiger partial charge in [0.2, 0.25) is 0 Å². The highest BCUT2D eigenvalue weighted by molar-refractivity contribution is 5.74. The zero-order valence-electron chi connectivity index (χ0n) is 11.4. The lowest BCUT2D eigenvalue weighted by Crippen LogP contribution is -2.41. The van der Waals surface area contributed by atoms with Crippen LogP contribution in [0.15, 0.2) is 22.8 Å². The highest BCUT2D eigenvalue weighted by Crippen LogP contribution is 2.13. The number of hydrogen-bond donors (Lipinski definition) is 3. The molecule has 108 valence electrons. The number of furan rings is 1. The summed E-state index contributed by atoms with van der Waals surface area (Å²) in [4.78, 5) is 11.8. The molecule has 1 rings (SSSR count). The van der Waals surface area contributed by atoms with E-state index in [-0.39, 0.29) is 24.6 Å². The fraction of sp³-hybridized carbons (Fsp3) is 0.615. The van der Waals surface area contributed by atoms with Crippen LogP contribution in [0.3, 0.4) is 0 Å². The molecular formula is C13H22N2O4. The number of carbonyl (C=O) groups excluding carboxylic acids is 1. The third-order valence-corrected chi connectivity index (χ3v) is 2.76. The Morgan fingerprint density at radius 3 is 2.95 bits per heavy atom. The second kappa shape index (κ2) is 8.55. The van der Waals surface area contributed by atoms with Gasteiger partial charge in [0.25, 0.3) is 0 Å². The second-order valence-corrected chi connectivity index (χ2v) is 4.50. The van der Waals surface area contributed by atoms with E-state index in [1.165, 1.54) is 0 Å². The topological polar surface area (TPSA) is 83.7 Å². The summed E-state index contributed by atoms with van der Waals surface area (Å²) in [5.74, 6) is 0.889. The van der Waals surface area contributed by atoms with Gasteiger partial charge < -0.3 is 24.9 Å². The summed E-state index contributed by atoms with van der Waals surface area (Å²) in [6.45, 7) is 2.95. The van der Waals surface area contributed by atoms with Crippen molar-refractivity contribution in [2.75, 3.05) is 26.9 Å². The number of carbonyl (C=O) groups is 1. The Morgan fingerprint density at radius 2 is 2.37 bits per heavy atom. The molecule has 0 bridgehead atoms.